The van der Waals surface area contributed by atoms with E-state index in [1.165, 1.54) is 5.56 Å². The van der Waals surface area contributed by atoms with Gasteiger partial charge in [-0.25, -0.2) is 4.98 Å². The van der Waals surface area contributed by atoms with Crippen LogP contribution in [0.25, 0.3) is 11.6 Å². The molecule has 2 heterocycles. The lowest BCUT2D eigenvalue weighted by molar-refractivity contribution is -0.112. The molecule has 4 heteroatoms. The summed E-state index contributed by atoms with van der Waals surface area (Å²) < 4.78 is 1.90. The molecule has 0 saturated carbocycles. The lowest BCUT2D eigenvalue weighted by Crippen LogP contribution is -2.21. The van der Waals surface area contributed by atoms with E-state index in [1.54, 1.807) is 11.1 Å². The molecule has 0 saturated heterocycles. The van der Waals surface area contributed by atoms with Gasteiger partial charge in [0.1, 0.15) is 5.82 Å². The Kier molecular flexibility index (Phi) is 3.20. The van der Waals surface area contributed by atoms with Gasteiger partial charge in [0.05, 0.1) is 11.3 Å². The lowest BCUT2D eigenvalue weighted by Gasteiger charge is -2.21. The largest absolute Gasteiger partial charge is 0.335 e. The highest BCUT2D eigenvalue weighted by atomic mass is 16.2. The van der Waals surface area contributed by atoms with Crippen molar-refractivity contribution in [2.75, 3.05) is 11.9 Å². The molecule has 0 spiro atoms. The fourth-order valence-electron chi connectivity index (χ4n) is 2.69. The zero-order valence-electron chi connectivity index (χ0n) is 13.7. The van der Waals surface area contributed by atoms with E-state index >= 15 is 0 Å². The number of hydrogen-bond donors (Lipinski definition) is 0. The molecular weight excluding hydrogens is 274 g/mol. The number of aryl methyl sites for hydroxylation is 1. The van der Waals surface area contributed by atoms with Crippen molar-refractivity contribution in [3.05, 3.63) is 47.5 Å². The molecule has 3 rings (SSSR count). The first-order valence-corrected chi connectivity index (χ1v) is 7.41. The van der Waals surface area contributed by atoms with E-state index in [4.69, 9.17) is 0 Å². The fourth-order valence-corrected chi connectivity index (χ4v) is 2.69. The van der Waals surface area contributed by atoms with Crippen molar-refractivity contribution in [2.45, 2.75) is 26.2 Å². The number of aromatic nitrogens is 2. The van der Waals surface area contributed by atoms with Crippen LogP contribution in [0.2, 0.25) is 0 Å². The summed E-state index contributed by atoms with van der Waals surface area (Å²) in [6.45, 7) is 6.53. The van der Waals surface area contributed by atoms with Gasteiger partial charge in [-0.05, 0) is 23.1 Å². The van der Waals surface area contributed by atoms with Crippen molar-refractivity contribution < 1.29 is 4.79 Å². The van der Waals surface area contributed by atoms with Crippen molar-refractivity contribution in [1.82, 2.24) is 9.55 Å². The van der Waals surface area contributed by atoms with Gasteiger partial charge in [-0.1, -0.05) is 32.9 Å². The minimum atomic E-state index is 0.0176. The van der Waals surface area contributed by atoms with Gasteiger partial charge in [-0.15, -0.1) is 0 Å². The average Bonchev–Trinajstić information content (AvgIpc) is 2.96. The highest BCUT2D eigenvalue weighted by Crippen LogP contribution is 2.39. The van der Waals surface area contributed by atoms with E-state index in [0.717, 1.165) is 17.1 Å². The molecule has 0 aliphatic carbocycles. The molecule has 2 aromatic rings. The summed E-state index contributed by atoms with van der Waals surface area (Å²) in [7, 11) is 3.75. The number of anilines is 1. The van der Waals surface area contributed by atoms with Crippen LogP contribution in [0.4, 0.5) is 5.69 Å². The summed E-state index contributed by atoms with van der Waals surface area (Å²) in [4.78, 5) is 18.6. The van der Waals surface area contributed by atoms with Crippen molar-refractivity contribution in [1.29, 1.82) is 0 Å². The number of carbonyl (C=O) groups is 1. The van der Waals surface area contributed by atoms with Gasteiger partial charge in [0.15, 0.2) is 0 Å². The number of imidazole rings is 1. The van der Waals surface area contributed by atoms with Crippen LogP contribution in [-0.2, 0) is 17.3 Å². The van der Waals surface area contributed by atoms with E-state index in [9.17, 15) is 4.79 Å². The second-order valence-corrected chi connectivity index (χ2v) is 6.80. The molecule has 22 heavy (non-hydrogen) atoms. The van der Waals surface area contributed by atoms with Gasteiger partial charge in [-0.2, -0.15) is 0 Å². The number of likely N-dealkylation sites (N-methyl/N-ethyl adjacent to an activating group) is 1. The first kappa shape index (κ1) is 14.6. The van der Waals surface area contributed by atoms with E-state index in [1.807, 2.05) is 37.0 Å². The molecule has 0 atom stereocenters. The molecule has 1 aliphatic heterocycles. The predicted molar refractivity (Wildman–Crippen MR) is 89.6 cm³/mol. The summed E-state index contributed by atoms with van der Waals surface area (Å²) in [6, 6.07) is 6.27. The lowest BCUT2D eigenvalue weighted by atomic mass is 9.86. The normalized spacial score (nSPS) is 16.5. The molecule has 4 nitrogen and oxygen atoms in total. The Hall–Kier alpha value is -2.36. The standard InChI is InChI=1S/C18H21N3O/c1-18(2,3)12-6-7-13-14(11-16-19-8-9-20(16)4)17(22)21(5)15(13)10-12/h6-11H,1-5H3/b14-11-. The van der Waals surface area contributed by atoms with Crippen LogP contribution in [-0.4, -0.2) is 22.5 Å². The van der Waals surface area contributed by atoms with Crippen LogP contribution >= 0.6 is 0 Å². The number of amides is 1. The Bertz CT molecular complexity index is 778. The van der Waals surface area contributed by atoms with Crippen molar-refractivity contribution in [3.8, 4) is 0 Å². The Morgan fingerprint density at radius 3 is 2.50 bits per heavy atom. The van der Waals surface area contributed by atoms with Crippen LogP contribution in [0, 0.1) is 0 Å². The third-order valence-corrected chi connectivity index (χ3v) is 4.18. The van der Waals surface area contributed by atoms with Crippen LogP contribution in [0.1, 0.15) is 37.7 Å². The molecule has 0 bridgehead atoms. The zero-order valence-corrected chi connectivity index (χ0v) is 13.7. The van der Waals surface area contributed by atoms with Gasteiger partial charge in [-0.3, -0.25) is 4.79 Å². The number of hydrogen-bond acceptors (Lipinski definition) is 2. The summed E-state index contributed by atoms with van der Waals surface area (Å²) in [6.07, 6.45) is 5.47. The Morgan fingerprint density at radius 2 is 1.91 bits per heavy atom. The molecule has 114 valence electrons. The van der Waals surface area contributed by atoms with E-state index < -0.39 is 0 Å². The van der Waals surface area contributed by atoms with Crippen molar-refractivity contribution in [2.24, 2.45) is 7.05 Å². The minimum absolute atomic E-state index is 0.0176. The SMILES string of the molecule is CN1C(=O)/C(=C\c2nccn2C)c2ccc(C(C)(C)C)cc21. The first-order chi connectivity index (χ1) is 10.3. The van der Waals surface area contributed by atoms with Crippen LogP contribution in [0.3, 0.4) is 0 Å². The van der Waals surface area contributed by atoms with Crippen molar-refractivity contribution >= 4 is 23.2 Å². The maximum Gasteiger partial charge on any atom is 0.258 e. The van der Waals surface area contributed by atoms with Gasteiger partial charge >= 0.3 is 0 Å². The third kappa shape index (κ3) is 2.25. The second-order valence-electron chi connectivity index (χ2n) is 6.80. The predicted octanol–water partition coefficient (Wildman–Crippen LogP) is 3.23. The molecule has 0 radical (unpaired) electrons. The molecular formula is C18H21N3O. The summed E-state index contributed by atoms with van der Waals surface area (Å²) in [5.41, 5.74) is 3.93. The Morgan fingerprint density at radius 1 is 1.18 bits per heavy atom. The van der Waals surface area contributed by atoms with Crippen molar-refractivity contribution in [3.63, 3.8) is 0 Å². The molecule has 1 aliphatic rings. The highest BCUT2D eigenvalue weighted by molar-refractivity contribution is 6.35. The number of nitrogens with zero attached hydrogens (tertiary/aromatic N) is 3. The summed E-state index contributed by atoms with van der Waals surface area (Å²) >= 11 is 0. The third-order valence-electron chi connectivity index (χ3n) is 4.18. The smallest absolute Gasteiger partial charge is 0.258 e. The number of benzene rings is 1. The van der Waals surface area contributed by atoms with Crippen LogP contribution in [0.5, 0.6) is 0 Å². The second kappa shape index (κ2) is 4.83. The Labute approximate surface area is 131 Å². The van der Waals surface area contributed by atoms with E-state index in [-0.39, 0.29) is 11.3 Å². The monoisotopic (exact) mass is 295 g/mol. The first-order valence-electron chi connectivity index (χ1n) is 7.41. The molecule has 1 amide bonds. The fraction of sp³-hybridized carbons (Fsp3) is 0.333. The quantitative estimate of drug-likeness (QED) is 0.758. The molecule has 0 unspecified atom stereocenters. The maximum absolute atomic E-state index is 12.6. The summed E-state index contributed by atoms with van der Waals surface area (Å²) in [5, 5.41) is 0. The van der Waals surface area contributed by atoms with E-state index in [0.29, 0.717) is 5.57 Å². The topological polar surface area (TPSA) is 38.1 Å². The molecule has 0 fully saturated rings. The molecule has 0 N–H and O–H groups in total. The average molecular weight is 295 g/mol. The van der Waals surface area contributed by atoms with Gasteiger partial charge in [0, 0.05) is 32.1 Å². The number of carbonyl (C=O) groups excluding carboxylic acids is 1. The number of fused-ring (bicyclic) bond motifs is 1. The van der Waals surface area contributed by atoms with Gasteiger partial charge in [0.25, 0.3) is 5.91 Å². The van der Waals surface area contributed by atoms with Crippen LogP contribution < -0.4 is 4.90 Å². The highest BCUT2D eigenvalue weighted by Gasteiger charge is 2.31. The van der Waals surface area contributed by atoms with Gasteiger partial charge < -0.3 is 9.47 Å². The zero-order chi connectivity index (χ0) is 16.1. The van der Waals surface area contributed by atoms with Crippen LogP contribution in [0.15, 0.2) is 30.6 Å². The Balaban J connectivity index is 2.13. The van der Waals surface area contributed by atoms with Gasteiger partial charge in [0.2, 0.25) is 0 Å². The minimum Gasteiger partial charge on any atom is -0.335 e. The molecule has 1 aromatic carbocycles. The summed E-state index contributed by atoms with van der Waals surface area (Å²) in [5.74, 6) is 0.800. The number of rotatable bonds is 1. The molecule has 1 aromatic heterocycles. The maximum atomic E-state index is 12.6. The van der Waals surface area contributed by atoms with E-state index in [2.05, 4.69) is 37.9 Å².